The van der Waals surface area contributed by atoms with Gasteiger partial charge in [0.2, 0.25) is 5.91 Å². The molecule has 0 saturated carbocycles. The molecule has 0 spiro atoms. The standard InChI is InChI=1S/C23H32N2O6/c1-6-9-16-12-18(13-19(29-4)21(16)30-5)22(27)24(3)15-20(26)25-11-8-10-17(14-25)23(28)31-7-2/h6,12-13,17H,1,7-11,14-15H2,2-5H3. The Kier molecular flexibility index (Phi) is 8.90. The average Bonchev–Trinajstić information content (AvgIpc) is 2.78. The lowest BCUT2D eigenvalue weighted by Gasteiger charge is -2.32. The molecule has 0 bridgehead atoms. The lowest BCUT2D eigenvalue weighted by atomic mass is 9.98. The van der Waals surface area contributed by atoms with Crippen molar-refractivity contribution in [3.8, 4) is 11.5 Å². The Morgan fingerprint density at radius 2 is 2.00 bits per heavy atom. The first kappa shape index (κ1) is 24.2. The van der Waals surface area contributed by atoms with E-state index in [-0.39, 0.29) is 30.2 Å². The largest absolute Gasteiger partial charge is 0.493 e. The van der Waals surface area contributed by atoms with Crippen LogP contribution in [0.4, 0.5) is 0 Å². The second kappa shape index (κ2) is 11.4. The molecule has 170 valence electrons. The van der Waals surface area contributed by atoms with Gasteiger partial charge in [-0.1, -0.05) is 6.08 Å². The van der Waals surface area contributed by atoms with Gasteiger partial charge in [0.15, 0.2) is 11.5 Å². The summed E-state index contributed by atoms with van der Waals surface area (Å²) in [5.74, 6) is -0.0973. The van der Waals surface area contributed by atoms with Crippen LogP contribution in [0.2, 0.25) is 0 Å². The summed E-state index contributed by atoms with van der Waals surface area (Å²) in [6.07, 6.45) is 3.66. The highest BCUT2D eigenvalue weighted by atomic mass is 16.5. The predicted molar refractivity (Wildman–Crippen MR) is 116 cm³/mol. The van der Waals surface area contributed by atoms with E-state index in [4.69, 9.17) is 14.2 Å². The number of nitrogens with zero attached hydrogens (tertiary/aromatic N) is 2. The van der Waals surface area contributed by atoms with Gasteiger partial charge in [-0.2, -0.15) is 0 Å². The van der Waals surface area contributed by atoms with Crippen LogP contribution in [0.25, 0.3) is 0 Å². The Hall–Kier alpha value is -3.03. The van der Waals surface area contributed by atoms with Gasteiger partial charge in [0.25, 0.3) is 5.91 Å². The van der Waals surface area contributed by atoms with E-state index < -0.39 is 0 Å². The number of piperidine rings is 1. The van der Waals surface area contributed by atoms with Gasteiger partial charge in [-0.05, 0) is 38.3 Å². The topological polar surface area (TPSA) is 85.4 Å². The molecule has 31 heavy (non-hydrogen) atoms. The first-order chi connectivity index (χ1) is 14.9. The minimum Gasteiger partial charge on any atom is -0.493 e. The highest BCUT2D eigenvalue weighted by Gasteiger charge is 2.30. The van der Waals surface area contributed by atoms with Crippen molar-refractivity contribution in [2.24, 2.45) is 5.92 Å². The quantitative estimate of drug-likeness (QED) is 0.440. The lowest BCUT2D eigenvalue weighted by molar-refractivity contribution is -0.151. The lowest BCUT2D eigenvalue weighted by Crippen LogP contribution is -2.47. The third-order valence-corrected chi connectivity index (χ3v) is 5.28. The van der Waals surface area contributed by atoms with Crippen molar-refractivity contribution in [2.45, 2.75) is 26.2 Å². The van der Waals surface area contributed by atoms with E-state index in [0.717, 1.165) is 12.0 Å². The van der Waals surface area contributed by atoms with Crippen molar-refractivity contribution in [1.29, 1.82) is 0 Å². The van der Waals surface area contributed by atoms with Gasteiger partial charge < -0.3 is 24.0 Å². The minimum atomic E-state index is -0.314. The summed E-state index contributed by atoms with van der Waals surface area (Å²) in [5.41, 5.74) is 1.17. The number of amides is 2. The molecule has 1 unspecified atom stereocenters. The summed E-state index contributed by atoms with van der Waals surface area (Å²) in [5, 5.41) is 0. The number of esters is 1. The van der Waals surface area contributed by atoms with Crippen LogP contribution in [-0.4, -0.2) is 75.1 Å². The second-order valence-electron chi connectivity index (χ2n) is 7.46. The number of methoxy groups -OCH3 is 2. The summed E-state index contributed by atoms with van der Waals surface area (Å²) >= 11 is 0. The van der Waals surface area contributed by atoms with Crippen LogP contribution in [-0.2, 0) is 20.7 Å². The van der Waals surface area contributed by atoms with E-state index in [0.29, 0.717) is 49.6 Å². The zero-order chi connectivity index (χ0) is 23.0. The molecule has 1 aromatic rings. The van der Waals surface area contributed by atoms with Gasteiger partial charge in [-0.25, -0.2) is 0 Å². The number of hydrogen-bond donors (Lipinski definition) is 0. The molecule has 0 aliphatic carbocycles. The van der Waals surface area contributed by atoms with Gasteiger partial charge in [0.05, 0.1) is 33.3 Å². The van der Waals surface area contributed by atoms with Gasteiger partial charge in [0.1, 0.15) is 0 Å². The molecule has 2 rings (SSSR count). The van der Waals surface area contributed by atoms with E-state index >= 15 is 0 Å². The molecule has 8 nitrogen and oxygen atoms in total. The fourth-order valence-corrected chi connectivity index (χ4v) is 3.73. The molecule has 8 heteroatoms. The highest BCUT2D eigenvalue weighted by Crippen LogP contribution is 2.33. The Labute approximate surface area is 183 Å². The van der Waals surface area contributed by atoms with E-state index in [1.165, 1.54) is 12.0 Å². The Balaban J connectivity index is 2.11. The molecule has 2 amide bonds. The summed E-state index contributed by atoms with van der Waals surface area (Å²) in [6.45, 7) is 6.63. The molecule has 0 radical (unpaired) electrons. The summed E-state index contributed by atoms with van der Waals surface area (Å²) in [7, 11) is 4.63. The third-order valence-electron chi connectivity index (χ3n) is 5.28. The molecule has 0 aromatic heterocycles. The van der Waals surface area contributed by atoms with Crippen molar-refractivity contribution in [2.75, 3.05) is 47.5 Å². The van der Waals surface area contributed by atoms with Crippen LogP contribution in [0.3, 0.4) is 0 Å². The molecule has 1 aliphatic rings. The maximum atomic E-state index is 13.0. The number of carbonyl (C=O) groups excluding carboxylic acids is 3. The maximum Gasteiger partial charge on any atom is 0.310 e. The molecule has 1 fully saturated rings. The fraction of sp³-hybridized carbons (Fsp3) is 0.522. The fourth-order valence-electron chi connectivity index (χ4n) is 3.73. The van der Waals surface area contributed by atoms with Crippen molar-refractivity contribution >= 4 is 17.8 Å². The first-order valence-electron chi connectivity index (χ1n) is 10.4. The Morgan fingerprint density at radius 1 is 1.26 bits per heavy atom. The van der Waals surface area contributed by atoms with E-state index in [9.17, 15) is 14.4 Å². The highest BCUT2D eigenvalue weighted by molar-refractivity contribution is 5.97. The van der Waals surface area contributed by atoms with Gasteiger partial charge in [-0.15, -0.1) is 6.58 Å². The van der Waals surface area contributed by atoms with E-state index in [1.807, 2.05) is 0 Å². The van der Waals surface area contributed by atoms with Gasteiger partial charge in [-0.3, -0.25) is 14.4 Å². The van der Waals surface area contributed by atoms with Crippen molar-refractivity contribution < 1.29 is 28.6 Å². The van der Waals surface area contributed by atoms with Crippen molar-refractivity contribution in [1.82, 2.24) is 9.80 Å². The van der Waals surface area contributed by atoms with Gasteiger partial charge >= 0.3 is 5.97 Å². The molecular formula is C23H32N2O6. The third kappa shape index (κ3) is 5.99. The Bertz CT molecular complexity index is 823. The molecular weight excluding hydrogens is 400 g/mol. The second-order valence-corrected chi connectivity index (χ2v) is 7.46. The monoisotopic (exact) mass is 432 g/mol. The number of hydrogen-bond acceptors (Lipinski definition) is 6. The number of rotatable bonds is 9. The number of allylic oxidation sites excluding steroid dienone is 1. The van der Waals surface area contributed by atoms with E-state index in [1.54, 1.807) is 44.2 Å². The molecule has 1 heterocycles. The van der Waals surface area contributed by atoms with Crippen LogP contribution in [0.15, 0.2) is 24.8 Å². The SMILES string of the molecule is C=CCc1cc(C(=O)N(C)CC(=O)N2CCCC(C(=O)OCC)C2)cc(OC)c1OC. The minimum absolute atomic E-state index is 0.0838. The zero-order valence-electron chi connectivity index (χ0n) is 18.8. The summed E-state index contributed by atoms with van der Waals surface area (Å²) in [4.78, 5) is 40.8. The van der Waals surface area contributed by atoms with Crippen LogP contribution >= 0.6 is 0 Å². The van der Waals surface area contributed by atoms with Crippen LogP contribution in [0, 0.1) is 5.92 Å². The normalized spacial score (nSPS) is 15.7. The van der Waals surface area contributed by atoms with Crippen LogP contribution in [0.5, 0.6) is 11.5 Å². The smallest absolute Gasteiger partial charge is 0.310 e. The van der Waals surface area contributed by atoms with Crippen LogP contribution in [0.1, 0.15) is 35.7 Å². The molecule has 1 saturated heterocycles. The number of benzene rings is 1. The van der Waals surface area contributed by atoms with Crippen LogP contribution < -0.4 is 9.47 Å². The summed E-state index contributed by atoms with van der Waals surface area (Å²) < 4.78 is 15.9. The van der Waals surface area contributed by atoms with Crippen molar-refractivity contribution in [3.63, 3.8) is 0 Å². The molecule has 0 N–H and O–H groups in total. The maximum absolute atomic E-state index is 13.0. The van der Waals surface area contributed by atoms with E-state index in [2.05, 4.69) is 6.58 Å². The van der Waals surface area contributed by atoms with Crippen molar-refractivity contribution in [3.05, 3.63) is 35.9 Å². The Morgan fingerprint density at radius 3 is 2.61 bits per heavy atom. The number of carbonyl (C=O) groups is 3. The molecule has 1 aliphatic heterocycles. The van der Waals surface area contributed by atoms with Gasteiger partial charge in [0, 0.05) is 31.3 Å². The zero-order valence-corrected chi connectivity index (χ0v) is 18.8. The number of likely N-dealkylation sites (tertiary alicyclic amines) is 1. The average molecular weight is 433 g/mol. The number of ether oxygens (including phenoxy) is 3. The first-order valence-corrected chi connectivity index (χ1v) is 10.4. The summed E-state index contributed by atoms with van der Waals surface area (Å²) in [6, 6.07) is 3.33. The number of likely N-dealkylation sites (N-methyl/N-ethyl adjacent to an activating group) is 1. The molecule has 1 atom stereocenters. The molecule has 1 aromatic carbocycles. The predicted octanol–water partition coefficient (Wildman–Crippen LogP) is 2.31.